The molecule has 1 unspecified atom stereocenters. The van der Waals surface area contributed by atoms with Crippen molar-refractivity contribution >= 4 is 17.5 Å². The molecule has 2 aliphatic heterocycles. The number of piperidine rings is 1. The highest BCUT2D eigenvalue weighted by Gasteiger charge is 2.27. The van der Waals surface area contributed by atoms with E-state index in [0.29, 0.717) is 31.3 Å². The molecule has 1 atom stereocenters. The number of rotatable bonds is 7. The molecule has 8 heteroatoms. The smallest absolute Gasteiger partial charge is 0.236 e. The van der Waals surface area contributed by atoms with Crippen LogP contribution >= 0.6 is 11.6 Å². The van der Waals surface area contributed by atoms with E-state index < -0.39 is 0 Å². The lowest BCUT2D eigenvalue weighted by Gasteiger charge is -2.34. The van der Waals surface area contributed by atoms with E-state index in [1.54, 1.807) is 0 Å². The summed E-state index contributed by atoms with van der Waals surface area (Å²) in [5.41, 5.74) is 2.00. The van der Waals surface area contributed by atoms with Gasteiger partial charge in [-0.1, -0.05) is 17.7 Å². The van der Waals surface area contributed by atoms with Crippen molar-refractivity contribution in [3.05, 3.63) is 46.7 Å². The van der Waals surface area contributed by atoms with Crippen LogP contribution in [0.1, 0.15) is 36.8 Å². The molecule has 0 spiro atoms. The zero-order valence-electron chi connectivity index (χ0n) is 18.1. The first-order valence-corrected chi connectivity index (χ1v) is 11.5. The zero-order chi connectivity index (χ0) is 21.6. The van der Waals surface area contributed by atoms with Gasteiger partial charge in [0, 0.05) is 50.4 Å². The first kappa shape index (κ1) is 22.1. The minimum atomic E-state index is -0.114. The first-order chi connectivity index (χ1) is 15.1. The highest BCUT2D eigenvalue weighted by atomic mass is 35.5. The molecule has 3 heterocycles. The fourth-order valence-electron chi connectivity index (χ4n) is 4.21. The number of carbonyl (C=O) groups excluding carboxylic acids is 1. The molecule has 0 N–H and O–H groups in total. The van der Waals surface area contributed by atoms with Gasteiger partial charge in [-0.3, -0.25) is 14.4 Å². The number of morpholine rings is 1. The molecule has 2 aromatic rings. The van der Waals surface area contributed by atoms with Gasteiger partial charge in [0.1, 0.15) is 11.9 Å². The van der Waals surface area contributed by atoms with Crippen LogP contribution in [-0.4, -0.2) is 71.4 Å². The fraction of sp³-hybridized carbons (Fsp3) is 0.565. The van der Waals surface area contributed by atoms with Gasteiger partial charge in [0.2, 0.25) is 5.91 Å². The largest absolute Gasteiger partial charge is 0.493 e. The Morgan fingerprint density at radius 1 is 1.23 bits per heavy atom. The number of hydrogen-bond donors (Lipinski definition) is 0. The third-order valence-corrected chi connectivity index (χ3v) is 6.20. The molecule has 31 heavy (non-hydrogen) atoms. The maximum absolute atomic E-state index is 12.6. The van der Waals surface area contributed by atoms with Crippen molar-refractivity contribution in [3.63, 3.8) is 0 Å². The van der Waals surface area contributed by atoms with Gasteiger partial charge in [-0.25, -0.2) is 0 Å². The highest BCUT2D eigenvalue weighted by molar-refractivity contribution is 6.30. The van der Waals surface area contributed by atoms with Gasteiger partial charge in [0.15, 0.2) is 0 Å². The number of halogens is 1. The Balaban J connectivity index is 1.30. The van der Waals surface area contributed by atoms with E-state index in [1.807, 2.05) is 40.9 Å². The second-order valence-electron chi connectivity index (χ2n) is 8.28. The van der Waals surface area contributed by atoms with E-state index >= 15 is 0 Å². The molecule has 0 radical (unpaired) electrons. The molecule has 7 nitrogen and oxygen atoms in total. The van der Waals surface area contributed by atoms with Crippen LogP contribution in [0.15, 0.2) is 30.3 Å². The predicted molar refractivity (Wildman–Crippen MR) is 119 cm³/mol. The SMILES string of the molecule is Cn1nc(C2CN(CC(=O)N3CCCCC3)CCO2)cc1CCOc1cccc(Cl)c1. The van der Waals surface area contributed by atoms with E-state index in [1.165, 1.54) is 6.42 Å². The average molecular weight is 447 g/mol. The molecule has 1 aromatic heterocycles. The van der Waals surface area contributed by atoms with Crippen molar-refractivity contribution in [2.24, 2.45) is 7.05 Å². The standard InChI is InChI=1S/C23H31ClN4O3/c1-26-19(8-12-30-20-7-5-6-18(24)14-20)15-21(25-26)22-16-27(11-13-31-22)17-23(29)28-9-3-2-4-10-28/h5-7,14-15,22H,2-4,8-13,16-17H2,1H3. The van der Waals surface area contributed by atoms with Gasteiger partial charge in [-0.15, -0.1) is 0 Å². The van der Waals surface area contributed by atoms with Gasteiger partial charge in [0.25, 0.3) is 0 Å². The van der Waals surface area contributed by atoms with Crippen molar-refractivity contribution < 1.29 is 14.3 Å². The maximum atomic E-state index is 12.6. The molecular formula is C23H31ClN4O3. The topological polar surface area (TPSA) is 59.8 Å². The molecule has 0 saturated carbocycles. The van der Waals surface area contributed by atoms with E-state index in [4.69, 9.17) is 21.1 Å². The number of aromatic nitrogens is 2. The lowest BCUT2D eigenvalue weighted by Crippen LogP contribution is -2.46. The molecule has 2 fully saturated rings. The average Bonchev–Trinajstić information content (AvgIpc) is 3.15. The number of carbonyl (C=O) groups is 1. The van der Waals surface area contributed by atoms with E-state index in [0.717, 1.165) is 56.0 Å². The molecular weight excluding hydrogens is 416 g/mol. The molecule has 2 saturated heterocycles. The lowest BCUT2D eigenvalue weighted by molar-refractivity contribution is -0.135. The van der Waals surface area contributed by atoms with Crippen LogP contribution in [0.5, 0.6) is 5.75 Å². The van der Waals surface area contributed by atoms with Crippen LogP contribution in [0.25, 0.3) is 0 Å². The number of aryl methyl sites for hydroxylation is 1. The molecule has 1 amide bonds. The monoisotopic (exact) mass is 446 g/mol. The van der Waals surface area contributed by atoms with Gasteiger partial charge in [-0.2, -0.15) is 5.10 Å². The molecule has 168 valence electrons. The Hall–Kier alpha value is -2.09. The van der Waals surface area contributed by atoms with E-state index in [2.05, 4.69) is 16.1 Å². The minimum Gasteiger partial charge on any atom is -0.493 e. The summed E-state index contributed by atoms with van der Waals surface area (Å²) in [7, 11) is 1.94. The Kier molecular flexibility index (Phi) is 7.48. The van der Waals surface area contributed by atoms with E-state index in [9.17, 15) is 4.79 Å². The Morgan fingerprint density at radius 2 is 2.06 bits per heavy atom. The van der Waals surface area contributed by atoms with Crippen molar-refractivity contribution in [2.45, 2.75) is 31.8 Å². The van der Waals surface area contributed by atoms with Crippen molar-refractivity contribution in [1.82, 2.24) is 19.6 Å². The number of amides is 1. The van der Waals surface area contributed by atoms with Gasteiger partial charge in [0.05, 0.1) is 25.5 Å². The molecule has 0 aliphatic carbocycles. The molecule has 1 aromatic carbocycles. The van der Waals surface area contributed by atoms with E-state index in [-0.39, 0.29) is 12.0 Å². The molecule has 0 bridgehead atoms. The lowest BCUT2D eigenvalue weighted by atomic mass is 10.1. The van der Waals surface area contributed by atoms with Crippen LogP contribution in [0, 0.1) is 0 Å². The maximum Gasteiger partial charge on any atom is 0.236 e. The number of hydrogen-bond acceptors (Lipinski definition) is 5. The Bertz CT molecular complexity index is 881. The van der Waals surface area contributed by atoms with Crippen molar-refractivity contribution in [1.29, 1.82) is 0 Å². The van der Waals surface area contributed by atoms with Crippen LogP contribution in [0.4, 0.5) is 0 Å². The summed E-state index contributed by atoms with van der Waals surface area (Å²) in [4.78, 5) is 16.8. The van der Waals surface area contributed by atoms with Crippen molar-refractivity contribution in [3.8, 4) is 5.75 Å². The Morgan fingerprint density at radius 3 is 2.87 bits per heavy atom. The van der Waals surface area contributed by atoms with Crippen LogP contribution in [0.2, 0.25) is 5.02 Å². The molecule has 2 aliphatic rings. The number of benzene rings is 1. The second kappa shape index (κ2) is 10.5. The summed E-state index contributed by atoms with van der Waals surface area (Å²) < 4.78 is 13.7. The number of nitrogens with zero attached hydrogens (tertiary/aromatic N) is 4. The quantitative estimate of drug-likeness (QED) is 0.654. The van der Waals surface area contributed by atoms with Crippen LogP contribution < -0.4 is 4.74 Å². The second-order valence-corrected chi connectivity index (χ2v) is 8.71. The number of likely N-dealkylation sites (tertiary alicyclic amines) is 1. The third kappa shape index (κ3) is 5.99. The third-order valence-electron chi connectivity index (χ3n) is 5.97. The van der Waals surface area contributed by atoms with Gasteiger partial charge in [-0.05, 0) is 43.5 Å². The first-order valence-electron chi connectivity index (χ1n) is 11.1. The minimum absolute atomic E-state index is 0.114. The normalized spacial score (nSPS) is 20.1. The number of ether oxygens (including phenoxy) is 2. The summed E-state index contributed by atoms with van der Waals surface area (Å²) >= 11 is 6.01. The fourth-order valence-corrected chi connectivity index (χ4v) is 4.39. The summed E-state index contributed by atoms with van der Waals surface area (Å²) in [6, 6.07) is 9.50. The molecule has 4 rings (SSSR count). The summed E-state index contributed by atoms with van der Waals surface area (Å²) in [5, 5.41) is 5.34. The zero-order valence-corrected chi connectivity index (χ0v) is 18.9. The van der Waals surface area contributed by atoms with Crippen LogP contribution in [-0.2, 0) is 23.0 Å². The van der Waals surface area contributed by atoms with Crippen LogP contribution in [0.3, 0.4) is 0 Å². The van der Waals surface area contributed by atoms with Crippen molar-refractivity contribution in [2.75, 3.05) is 45.9 Å². The highest BCUT2D eigenvalue weighted by Crippen LogP contribution is 2.23. The summed E-state index contributed by atoms with van der Waals surface area (Å²) in [6.45, 7) is 4.88. The van der Waals surface area contributed by atoms with Gasteiger partial charge >= 0.3 is 0 Å². The summed E-state index contributed by atoms with van der Waals surface area (Å²) in [5.74, 6) is 1.000. The Labute approximate surface area is 188 Å². The summed E-state index contributed by atoms with van der Waals surface area (Å²) in [6.07, 6.45) is 4.09. The van der Waals surface area contributed by atoms with Gasteiger partial charge < -0.3 is 14.4 Å². The predicted octanol–water partition coefficient (Wildman–Crippen LogP) is 3.08.